The van der Waals surface area contributed by atoms with Crippen LogP contribution >= 0.6 is 27.3 Å². The highest BCUT2D eigenvalue weighted by molar-refractivity contribution is 9.10. The smallest absolute Gasteiger partial charge is 0.0811 e. The average molecular weight is 304 g/mol. The molecule has 2 heterocycles. The van der Waals surface area contributed by atoms with Crippen molar-refractivity contribution in [1.82, 2.24) is 5.32 Å². The van der Waals surface area contributed by atoms with E-state index in [-0.39, 0.29) is 5.60 Å². The summed E-state index contributed by atoms with van der Waals surface area (Å²) in [7, 11) is 2.03. The van der Waals surface area contributed by atoms with Gasteiger partial charge in [0.15, 0.2) is 0 Å². The van der Waals surface area contributed by atoms with E-state index < -0.39 is 0 Å². The predicted octanol–water partition coefficient (Wildman–Crippen LogP) is 3.21. The van der Waals surface area contributed by atoms with E-state index >= 15 is 0 Å². The lowest BCUT2D eigenvalue weighted by atomic mass is 9.90. The van der Waals surface area contributed by atoms with E-state index in [2.05, 4.69) is 39.6 Å². The maximum Gasteiger partial charge on any atom is 0.0811 e. The Balaban J connectivity index is 2.08. The fourth-order valence-electron chi connectivity index (χ4n) is 2.35. The standard InChI is InChI=1S/C12H18BrNOS/c1-12(5-3-6-15-12)11(14-2)8-10-9(13)4-7-16-10/h4,7,11,14H,3,5-6,8H2,1-2H3. The lowest BCUT2D eigenvalue weighted by Gasteiger charge is -2.33. The Morgan fingerprint density at radius 2 is 2.50 bits per heavy atom. The molecule has 1 aromatic heterocycles. The Kier molecular flexibility index (Phi) is 4.06. The van der Waals surface area contributed by atoms with Crippen LogP contribution in [0.5, 0.6) is 0 Å². The van der Waals surface area contributed by atoms with Crippen molar-refractivity contribution >= 4 is 27.3 Å². The molecule has 0 spiro atoms. The van der Waals surface area contributed by atoms with Crippen LogP contribution in [0.15, 0.2) is 15.9 Å². The second-order valence-electron chi connectivity index (χ2n) is 4.50. The minimum absolute atomic E-state index is 0.00181. The molecule has 90 valence electrons. The third-order valence-electron chi connectivity index (χ3n) is 3.42. The van der Waals surface area contributed by atoms with Crippen molar-refractivity contribution in [2.75, 3.05) is 13.7 Å². The van der Waals surface area contributed by atoms with Crippen molar-refractivity contribution in [2.45, 2.75) is 37.8 Å². The molecule has 0 bridgehead atoms. The first kappa shape index (κ1) is 12.6. The topological polar surface area (TPSA) is 21.3 Å². The Hall–Kier alpha value is 0.1000. The molecule has 1 aliphatic rings. The second kappa shape index (κ2) is 5.17. The van der Waals surface area contributed by atoms with E-state index in [0.717, 1.165) is 19.4 Å². The molecule has 1 fully saturated rings. The molecule has 0 saturated carbocycles. The Bertz CT molecular complexity index is 347. The average Bonchev–Trinajstić information content (AvgIpc) is 2.85. The maximum absolute atomic E-state index is 5.91. The molecule has 1 N–H and O–H groups in total. The van der Waals surface area contributed by atoms with Crippen LogP contribution in [0.1, 0.15) is 24.6 Å². The monoisotopic (exact) mass is 303 g/mol. The molecule has 2 nitrogen and oxygen atoms in total. The van der Waals surface area contributed by atoms with E-state index in [4.69, 9.17) is 4.74 Å². The van der Waals surface area contributed by atoms with E-state index in [1.807, 2.05) is 18.4 Å². The van der Waals surface area contributed by atoms with Crippen LogP contribution in [0.4, 0.5) is 0 Å². The zero-order valence-corrected chi connectivity index (χ0v) is 12.2. The lowest BCUT2D eigenvalue weighted by molar-refractivity contribution is -0.00926. The molecule has 1 aliphatic heterocycles. The third kappa shape index (κ3) is 2.50. The van der Waals surface area contributed by atoms with Gasteiger partial charge in [0.1, 0.15) is 0 Å². The summed E-state index contributed by atoms with van der Waals surface area (Å²) in [5.41, 5.74) is -0.00181. The van der Waals surface area contributed by atoms with E-state index in [1.165, 1.54) is 15.8 Å². The van der Waals surface area contributed by atoms with E-state index in [9.17, 15) is 0 Å². The number of ether oxygens (including phenoxy) is 1. The van der Waals surface area contributed by atoms with Crippen molar-refractivity contribution in [3.63, 3.8) is 0 Å². The van der Waals surface area contributed by atoms with Crippen LogP contribution < -0.4 is 5.32 Å². The Labute approximate surface area is 110 Å². The van der Waals surface area contributed by atoms with Crippen LogP contribution in [-0.4, -0.2) is 25.3 Å². The summed E-state index contributed by atoms with van der Waals surface area (Å²) in [6, 6.07) is 2.51. The highest BCUT2D eigenvalue weighted by atomic mass is 79.9. The summed E-state index contributed by atoms with van der Waals surface area (Å²) < 4.78 is 7.13. The van der Waals surface area contributed by atoms with Gasteiger partial charge in [-0.05, 0) is 54.2 Å². The van der Waals surface area contributed by atoms with Gasteiger partial charge in [-0.25, -0.2) is 0 Å². The second-order valence-corrected chi connectivity index (χ2v) is 6.36. The molecule has 1 saturated heterocycles. The summed E-state index contributed by atoms with van der Waals surface area (Å²) >= 11 is 5.40. The van der Waals surface area contributed by atoms with Gasteiger partial charge < -0.3 is 10.1 Å². The quantitative estimate of drug-likeness (QED) is 0.922. The largest absolute Gasteiger partial charge is 0.374 e. The van der Waals surface area contributed by atoms with E-state index in [1.54, 1.807) is 0 Å². The van der Waals surface area contributed by atoms with Crippen molar-refractivity contribution in [3.8, 4) is 0 Å². The van der Waals surface area contributed by atoms with Gasteiger partial charge in [-0.1, -0.05) is 0 Å². The molecule has 2 rings (SSSR count). The van der Waals surface area contributed by atoms with Crippen molar-refractivity contribution in [3.05, 3.63) is 20.8 Å². The number of halogens is 1. The number of rotatable bonds is 4. The third-order valence-corrected chi connectivity index (χ3v) is 5.36. The number of thiophene rings is 1. The van der Waals surface area contributed by atoms with Crippen LogP contribution in [0.3, 0.4) is 0 Å². The SMILES string of the molecule is CNC(Cc1sccc1Br)C1(C)CCCO1. The van der Waals surface area contributed by atoms with Crippen molar-refractivity contribution in [1.29, 1.82) is 0 Å². The van der Waals surface area contributed by atoms with Crippen LogP contribution in [0, 0.1) is 0 Å². The Morgan fingerprint density at radius 3 is 3.00 bits per heavy atom. The highest BCUT2D eigenvalue weighted by Crippen LogP contribution is 2.32. The van der Waals surface area contributed by atoms with Gasteiger partial charge in [0.25, 0.3) is 0 Å². The summed E-state index contributed by atoms with van der Waals surface area (Å²) in [4.78, 5) is 1.40. The Morgan fingerprint density at radius 1 is 1.69 bits per heavy atom. The number of nitrogens with one attached hydrogen (secondary N) is 1. The molecule has 0 aromatic carbocycles. The fraction of sp³-hybridized carbons (Fsp3) is 0.667. The van der Waals surface area contributed by atoms with Gasteiger partial charge in [0.2, 0.25) is 0 Å². The van der Waals surface area contributed by atoms with Gasteiger partial charge in [0.05, 0.1) is 5.60 Å². The van der Waals surface area contributed by atoms with Gasteiger partial charge in [0, 0.05) is 28.4 Å². The molecule has 0 amide bonds. The normalized spacial score (nSPS) is 27.2. The van der Waals surface area contributed by atoms with Gasteiger partial charge in [-0.3, -0.25) is 0 Å². The summed E-state index contributed by atoms with van der Waals surface area (Å²) in [5, 5.41) is 5.54. The van der Waals surface area contributed by atoms with Crippen molar-refractivity contribution in [2.24, 2.45) is 0 Å². The first-order valence-electron chi connectivity index (χ1n) is 5.69. The maximum atomic E-state index is 5.91. The molecular weight excluding hydrogens is 286 g/mol. The fourth-order valence-corrected chi connectivity index (χ4v) is 3.92. The van der Waals surface area contributed by atoms with Crippen LogP contribution in [0.2, 0.25) is 0 Å². The molecular formula is C12H18BrNOS. The molecule has 16 heavy (non-hydrogen) atoms. The summed E-state index contributed by atoms with van der Waals surface area (Å²) in [6.07, 6.45) is 3.37. The molecule has 2 unspecified atom stereocenters. The van der Waals surface area contributed by atoms with E-state index in [0.29, 0.717) is 6.04 Å². The minimum Gasteiger partial charge on any atom is -0.374 e. The molecule has 1 aromatic rings. The molecule has 2 atom stereocenters. The first-order valence-corrected chi connectivity index (χ1v) is 7.36. The minimum atomic E-state index is -0.00181. The molecule has 0 radical (unpaired) electrons. The first-order chi connectivity index (χ1) is 7.65. The zero-order valence-electron chi connectivity index (χ0n) is 9.75. The van der Waals surface area contributed by atoms with Crippen LogP contribution in [0.25, 0.3) is 0 Å². The van der Waals surface area contributed by atoms with Gasteiger partial charge in [-0.2, -0.15) is 0 Å². The van der Waals surface area contributed by atoms with Crippen molar-refractivity contribution < 1.29 is 4.74 Å². The molecule has 4 heteroatoms. The van der Waals surface area contributed by atoms with Gasteiger partial charge >= 0.3 is 0 Å². The highest BCUT2D eigenvalue weighted by Gasteiger charge is 2.37. The summed E-state index contributed by atoms with van der Waals surface area (Å²) in [5.74, 6) is 0. The number of hydrogen-bond donors (Lipinski definition) is 1. The zero-order chi connectivity index (χ0) is 11.6. The molecule has 0 aliphatic carbocycles. The number of likely N-dealkylation sites (N-methyl/N-ethyl adjacent to an activating group) is 1. The van der Waals surface area contributed by atoms with Crippen LogP contribution in [-0.2, 0) is 11.2 Å². The number of hydrogen-bond acceptors (Lipinski definition) is 3. The predicted molar refractivity (Wildman–Crippen MR) is 72.2 cm³/mol. The lowest BCUT2D eigenvalue weighted by Crippen LogP contribution is -2.48. The summed E-state index contributed by atoms with van der Waals surface area (Å²) in [6.45, 7) is 3.13. The van der Waals surface area contributed by atoms with Gasteiger partial charge in [-0.15, -0.1) is 11.3 Å².